The van der Waals surface area contributed by atoms with Gasteiger partial charge in [-0.15, -0.1) is 10.2 Å². The van der Waals surface area contributed by atoms with Gasteiger partial charge in [0.2, 0.25) is 18.2 Å². The van der Waals surface area contributed by atoms with Gasteiger partial charge in [0.05, 0.1) is 5.92 Å². The second-order valence-corrected chi connectivity index (χ2v) is 4.16. The van der Waals surface area contributed by atoms with Crippen molar-refractivity contribution in [3.05, 3.63) is 12.3 Å². The summed E-state index contributed by atoms with van der Waals surface area (Å²) >= 11 is 0. The number of piperidine rings is 1. The van der Waals surface area contributed by atoms with Gasteiger partial charge >= 0.3 is 0 Å². The van der Waals surface area contributed by atoms with Crippen LogP contribution in [0.4, 0.5) is 0 Å². The molecule has 3 N–H and O–H groups in total. The lowest BCUT2D eigenvalue weighted by Crippen LogP contribution is -2.35. The number of nitrogens with zero attached hydrogens (tertiary/aromatic N) is 2. The predicted octanol–water partition coefficient (Wildman–Crippen LogP) is 0.0282. The molecule has 6 nitrogen and oxygen atoms in total. The van der Waals surface area contributed by atoms with Crippen molar-refractivity contribution in [3.8, 4) is 0 Å². The third-order valence-electron chi connectivity index (χ3n) is 3.02. The van der Waals surface area contributed by atoms with Gasteiger partial charge in [-0.25, -0.2) is 0 Å². The van der Waals surface area contributed by atoms with Crippen molar-refractivity contribution in [1.82, 2.24) is 15.5 Å². The Bertz CT molecular complexity index is 333. The van der Waals surface area contributed by atoms with Crippen LogP contribution in [0.3, 0.4) is 0 Å². The Balaban J connectivity index is 2.10. The van der Waals surface area contributed by atoms with Crippen LogP contribution in [0, 0.1) is 5.92 Å². The lowest BCUT2D eigenvalue weighted by atomic mass is 9.84. The third kappa shape index (κ3) is 2.57. The first-order valence-electron chi connectivity index (χ1n) is 5.52. The molecule has 0 aromatic carbocycles. The standard InChI is InChI=1S/C10H16N4O2/c11-9(15)4-8(10-14-13-6-16-10)7-2-1-3-12-5-7/h6-8,12H,1-5H2,(H2,11,15). The fourth-order valence-electron chi connectivity index (χ4n) is 2.24. The fraction of sp³-hybridized carbons (Fsp3) is 0.700. The van der Waals surface area contributed by atoms with Crippen LogP contribution in [0.2, 0.25) is 0 Å². The Labute approximate surface area is 93.6 Å². The number of amides is 1. The molecule has 1 aliphatic heterocycles. The van der Waals surface area contributed by atoms with Crippen LogP contribution in [-0.4, -0.2) is 29.2 Å². The summed E-state index contributed by atoms with van der Waals surface area (Å²) in [5.74, 6) is 0.496. The zero-order valence-corrected chi connectivity index (χ0v) is 9.06. The lowest BCUT2D eigenvalue weighted by Gasteiger charge is -2.27. The van der Waals surface area contributed by atoms with E-state index in [1.165, 1.54) is 6.39 Å². The van der Waals surface area contributed by atoms with Crippen LogP contribution in [0.15, 0.2) is 10.8 Å². The maximum atomic E-state index is 11.1. The minimum absolute atomic E-state index is 0.0483. The summed E-state index contributed by atoms with van der Waals surface area (Å²) in [6.45, 7) is 1.91. The van der Waals surface area contributed by atoms with Gasteiger partial charge in [-0.2, -0.15) is 0 Å². The van der Waals surface area contributed by atoms with E-state index in [9.17, 15) is 4.79 Å². The van der Waals surface area contributed by atoms with Crippen molar-refractivity contribution >= 4 is 5.91 Å². The highest BCUT2D eigenvalue weighted by molar-refractivity contribution is 5.74. The minimum Gasteiger partial charge on any atom is -0.428 e. The minimum atomic E-state index is -0.325. The highest BCUT2D eigenvalue weighted by Crippen LogP contribution is 2.30. The van der Waals surface area contributed by atoms with Crippen LogP contribution >= 0.6 is 0 Å². The highest BCUT2D eigenvalue weighted by atomic mass is 16.4. The monoisotopic (exact) mass is 224 g/mol. The van der Waals surface area contributed by atoms with Crippen LogP contribution in [0.5, 0.6) is 0 Å². The van der Waals surface area contributed by atoms with E-state index in [-0.39, 0.29) is 18.2 Å². The molecule has 0 bridgehead atoms. The Kier molecular flexibility index (Phi) is 3.51. The summed E-state index contributed by atoms with van der Waals surface area (Å²) in [5.41, 5.74) is 5.26. The molecule has 0 saturated carbocycles. The van der Waals surface area contributed by atoms with Gasteiger partial charge in [0.15, 0.2) is 0 Å². The predicted molar refractivity (Wildman–Crippen MR) is 56.4 cm³/mol. The fourth-order valence-corrected chi connectivity index (χ4v) is 2.24. The molecule has 1 aromatic heterocycles. The van der Waals surface area contributed by atoms with Gasteiger partial charge < -0.3 is 15.5 Å². The zero-order valence-electron chi connectivity index (χ0n) is 9.06. The quantitative estimate of drug-likeness (QED) is 0.752. The van der Waals surface area contributed by atoms with Gasteiger partial charge in [0.1, 0.15) is 0 Å². The topological polar surface area (TPSA) is 94.0 Å². The Morgan fingerprint density at radius 1 is 1.75 bits per heavy atom. The van der Waals surface area contributed by atoms with E-state index in [1.54, 1.807) is 0 Å². The van der Waals surface area contributed by atoms with E-state index in [0.717, 1.165) is 25.9 Å². The molecule has 88 valence electrons. The van der Waals surface area contributed by atoms with Crippen LogP contribution in [-0.2, 0) is 4.79 Å². The summed E-state index contributed by atoms with van der Waals surface area (Å²) in [6.07, 6.45) is 3.73. The number of hydrogen-bond donors (Lipinski definition) is 2. The molecule has 1 aromatic rings. The smallest absolute Gasteiger partial charge is 0.220 e. The van der Waals surface area contributed by atoms with Gasteiger partial charge in [0, 0.05) is 6.42 Å². The summed E-state index contributed by atoms with van der Waals surface area (Å²) in [6, 6.07) is 0. The Morgan fingerprint density at radius 3 is 3.19 bits per heavy atom. The molecule has 2 rings (SSSR count). The molecule has 1 aliphatic rings. The average Bonchev–Trinajstić information content (AvgIpc) is 2.80. The maximum Gasteiger partial charge on any atom is 0.220 e. The number of primary amides is 1. The molecule has 0 spiro atoms. The number of rotatable bonds is 4. The highest BCUT2D eigenvalue weighted by Gasteiger charge is 2.29. The number of hydrogen-bond acceptors (Lipinski definition) is 5. The summed E-state index contributed by atoms with van der Waals surface area (Å²) in [4.78, 5) is 11.1. The van der Waals surface area contributed by atoms with Crippen molar-refractivity contribution in [2.75, 3.05) is 13.1 Å². The molecule has 0 aliphatic carbocycles. The van der Waals surface area contributed by atoms with E-state index >= 15 is 0 Å². The van der Waals surface area contributed by atoms with Crippen molar-refractivity contribution in [3.63, 3.8) is 0 Å². The van der Waals surface area contributed by atoms with E-state index < -0.39 is 0 Å². The maximum absolute atomic E-state index is 11.1. The number of carbonyl (C=O) groups excluding carboxylic acids is 1. The summed E-state index contributed by atoms with van der Waals surface area (Å²) in [7, 11) is 0. The Hall–Kier alpha value is -1.43. The summed E-state index contributed by atoms with van der Waals surface area (Å²) < 4.78 is 5.19. The molecule has 2 atom stereocenters. The number of aromatic nitrogens is 2. The molecule has 0 radical (unpaired) electrons. The second-order valence-electron chi connectivity index (χ2n) is 4.16. The first-order chi connectivity index (χ1) is 7.77. The second kappa shape index (κ2) is 5.07. The first-order valence-corrected chi connectivity index (χ1v) is 5.52. The van der Waals surface area contributed by atoms with E-state index in [2.05, 4.69) is 15.5 Å². The van der Waals surface area contributed by atoms with Gasteiger partial charge in [-0.05, 0) is 31.8 Å². The van der Waals surface area contributed by atoms with Crippen molar-refractivity contribution in [2.45, 2.75) is 25.2 Å². The van der Waals surface area contributed by atoms with E-state index in [0.29, 0.717) is 11.8 Å². The summed E-state index contributed by atoms with van der Waals surface area (Å²) in [5, 5.41) is 10.9. The molecule has 6 heteroatoms. The van der Waals surface area contributed by atoms with Gasteiger partial charge in [-0.1, -0.05) is 0 Å². The zero-order chi connectivity index (χ0) is 11.4. The van der Waals surface area contributed by atoms with Gasteiger partial charge in [0.25, 0.3) is 0 Å². The molecule has 2 heterocycles. The van der Waals surface area contributed by atoms with Crippen molar-refractivity contribution in [1.29, 1.82) is 0 Å². The van der Waals surface area contributed by atoms with Crippen molar-refractivity contribution in [2.24, 2.45) is 11.7 Å². The van der Waals surface area contributed by atoms with Crippen molar-refractivity contribution < 1.29 is 9.21 Å². The molecule has 2 unspecified atom stereocenters. The number of carbonyl (C=O) groups is 1. The molecule has 1 fully saturated rings. The largest absolute Gasteiger partial charge is 0.428 e. The first kappa shape index (κ1) is 11.1. The molecular weight excluding hydrogens is 208 g/mol. The third-order valence-corrected chi connectivity index (χ3v) is 3.02. The number of nitrogens with one attached hydrogen (secondary N) is 1. The average molecular weight is 224 g/mol. The molecule has 1 amide bonds. The molecule has 1 saturated heterocycles. The van der Waals surface area contributed by atoms with E-state index in [4.69, 9.17) is 10.2 Å². The van der Waals surface area contributed by atoms with Crippen LogP contribution < -0.4 is 11.1 Å². The van der Waals surface area contributed by atoms with Crippen LogP contribution in [0.25, 0.3) is 0 Å². The molecule has 16 heavy (non-hydrogen) atoms. The molecular formula is C10H16N4O2. The lowest BCUT2D eigenvalue weighted by molar-refractivity contribution is -0.118. The van der Waals surface area contributed by atoms with E-state index in [1.807, 2.05) is 0 Å². The Morgan fingerprint density at radius 2 is 2.62 bits per heavy atom. The number of nitrogens with two attached hydrogens (primary N) is 1. The van der Waals surface area contributed by atoms with Gasteiger partial charge in [-0.3, -0.25) is 4.79 Å². The normalized spacial score (nSPS) is 22.9. The van der Waals surface area contributed by atoms with Crippen LogP contribution in [0.1, 0.15) is 31.1 Å². The SMILES string of the molecule is NC(=O)CC(c1nnco1)C1CCCNC1.